The highest BCUT2D eigenvalue weighted by Gasteiger charge is 2.32. The lowest BCUT2D eigenvalue weighted by atomic mass is 9.99. The Morgan fingerprint density at radius 3 is 2.64 bits per heavy atom. The topological polar surface area (TPSA) is 84.9 Å². The molecular formula is C21H22FNO5. The van der Waals surface area contributed by atoms with Gasteiger partial charge in [-0.25, -0.2) is 4.39 Å². The number of aliphatic carboxylic acids is 1. The van der Waals surface area contributed by atoms with Crippen LogP contribution < -0.4 is 14.8 Å². The standard InChI is InChI=1S/C21H22FNO5/c1-21(2)10-14-4-3-5-17(19(14)28-21)27-12-18(24)23-11-16(20(25)26)13-6-8-15(22)9-7-13/h3-9,16H,10-12H2,1-2H3,(H,23,24)(H,25,26). The number of fused-ring (bicyclic) bond motifs is 1. The predicted octanol–water partition coefficient (Wildman–Crippen LogP) is 2.90. The molecule has 2 N–H and O–H groups in total. The van der Waals surface area contributed by atoms with E-state index in [1.807, 2.05) is 26.0 Å². The molecule has 2 aromatic rings. The van der Waals surface area contributed by atoms with Crippen LogP contribution in [0.1, 0.15) is 30.9 Å². The lowest BCUT2D eigenvalue weighted by molar-refractivity contribution is -0.138. The Balaban J connectivity index is 1.57. The van der Waals surface area contributed by atoms with E-state index < -0.39 is 23.6 Å². The predicted molar refractivity (Wildman–Crippen MR) is 100 cm³/mol. The number of hydrogen-bond acceptors (Lipinski definition) is 4. The summed E-state index contributed by atoms with van der Waals surface area (Å²) in [5.74, 6) is -1.88. The molecule has 148 valence electrons. The average Bonchev–Trinajstić information content (AvgIpc) is 2.95. The first-order chi connectivity index (χ1) is 13.2. The molecule has 1 aliphatic rings. The summed E-state index contributed by atoms with van der Waals surface area (Å²) in [7, 11) is 0. The van der Waals surface area contributed by atoms with E-state index in [9.17, 15) is 19.1 Å². The maximum Gasteiger partial charge on any atom is 0.312 e. The minimum absolute atomic E-state index is 0.125. The van der Waals surface area contributed by atoms with Crippen LogP contribution in [0.15, 0.2) is 42.5 Å². The molecule has 3 rings (SSSR count). The highest BCUT2D eigenvalue weighted by molar-refractivity contribution is 5.80. The zero-order valence-corrected chi connectivity index (χ0v) is 15.7. The fourth-order valence-corrected chi connectivity index (χ4v) is 3.15. The van der Waals surface area contributed by atoms with Gasteiger partial charge in [0.15, 0.2) is 18.1 Å². The van der Waals surface area contributed by atoms with Crippen molar-refractivity contribution in [2.45, 2.75) is 31.8 Å². The molecule has 6 nitrogen and oxygen atoms in total. The number of hydrogen-bond donors (Lipinski definition) is 2. The quantitative estimate of drug-likeness (QED) is 0.763. The van der Waals surface area contributed by atoms with Gasteiger partial charge in [0, 0.05) is 18.5 Å². The number of halogens is 1. The van der Waals surface area contributed by atoms with Gasteiger partial charge in [0.25, 0.3) is 5.91 Å². The smallest absolute Gasteiger partial charge is 0.312 e. The highest BCUT2D eigenvalue weighted by Crippen LogP contribution is 2.41. The third-order valence-corrected chi connectivity index (χ3v) is 4.49. The Kier molecular flexibility index (Phi) is 5.53. The molecule has 0 saturated heterocycles. The molecule has 0 bridgehead atoms. The van der Waals surface area contributed by atoms with Gasteiger partial charge in [-0.3, -0.25) is 9.59 Å². The van der Waals surface area contributed by atoms with Gasteiger partial charge in [0.1, 0.15) is 11.4 Å². The van der Waals surface area contributed by atoms with E-state index in [4.69, 9.17) is 9.47 Å². The fourth-order valence-electron chi connectivity index (χ4n) is 3.15. The van der Waals surface area contributed by atoms with Crippen molar-refractivity contribution >= 4 is 11.9 Å². The number of rotatable bonds is 7. The van der Waals surface area contributed by atoms with Gasteiger partial charge in [-0.2, -0.15) is 0 Å². The molecule has 1 heterocycles. The van der Waals surface area contributed by atoms with Gasteiger partial charge in [0.2, 0.25) is 0 Å². The third kappa shape index (κ3) is 4.60. The number of carboxylic acid groups (broad SMARTS) is 1. The molecule has 0 saturated carbocycles. The summed E-state index contributed by atoms with van der Waals surface area (Å²) in [5.41, 5.74) is 1.10. The van der Waals surface area contributed by atoms with Crippen LogP contribution in [0, 0.1) is 5.82 Å². The molecule has 0 aliphatic carbocycles. The minimum Gasteiger partial charge on any atom is -0.483 e. The van der Waals surface area contributed by atoms with Crippen molar-refractivity contribution < 1.29 is 28.6 Å². The average molecular weight is 387 g/mol. The van der Waals surface area contributed by atoms with Crippen LogP contribution in [0.3, 0.4) is 0 Å². The molecule has 1 atom stereocenters. The Labute approximate surface area is 162 Å². The summed E-state index contributed by atoms with van der Waals surface area (Å²) in [6.45, 7) is 3.56. The zero-order chi connectivity index (χ0) is 20.3. The van der Waals surface area contributed by atoms with Crippen molar-refractivity contribution in [1.82, 2.24) is 5.32 Å². The van der Waals surface area contributed by atoms with E-state index in [0.29, 0.717) is 17.1 Å². The molecule has 0 spiro atoms. The normalized spacial score (nSPS) is 15.2. The number of amides is 1. The molecule has 0 aromatic heterocycles. The van der Waals surface area contributed by atoms with Crippen molar-refractivity contribution in [3.05, 3.63) is 59.4 Å². The van der Waals surface area contributed by atoms with Crippen LogP contribution in [0.2, 0.25) is 0 Å². The van der Waals surface area contributed by atoms with Crippen molar-refractivity contribution in [1.29, 1.82) is 0 Å². The minimum atomic E-state index is -1.11. The highest BCUT2D eigenvalue weighted by atomic mass is 19.1. The van der Waals surface area contributed by atoms with Gasteiger partial charge < -0.3 is 19.9 Å². The van der Waals surface area contributed by atoms with Gasteiger partial charge in [0.05, 0.1) is 5.92 Å². The van der Waals surface area contributed by atoms with Gasteiger partial charge in [-0.05, 0) is 37.6 Å². The number of benzene rings is 2. The number of carbonyl (C=O) groups is 2. The lowest BCUT2D eigenvalue weighted by Crippen LogP contribution is -2.34. The van der Waals surface area contributed by atoms with E-state index in [1.165, 1.54) is 24.3 Å². The molecule has 1 unspecified atom stereocenters. The van der Waals surface area contributed by atoms with Crippen molar-refractivity contribution in [3.63, 3.8) is 0 Å². The van der Waals surface area contributed by atoms with Crippen molar-refractivity contribution in [2.24, 2.45) is 0 Å². The summed E-state index contributed by atoms with van der Waals surface area (Å²) >= 11 is 0. The van der Waals surface area contributed by atoms with Crippen molar-refractivity contribution in [2.75, 3.05) is 13.2 Å². The first-order valence-corrected chi connectivity index (χ1v) is 8.94. The van der Waals surface area contributed by atoms with Crippen LogP contribution in [-0.4, -0.2) is 35.7 Å². The lowest BCUT2D eigenvalue weighted by Gasteiger charge is -2.18. The number of carbonyl (C=O) groups excluding carboxylic acids is 1. The number of ether oxygens (including phenoxy) is 2. The van der Waals surface area contributed by atoms with E-state index >= 15 is 0 Å². The Hall–Kier alpha value is -3.09. The largest absolute Gasteiger partial charge is 0.483 e. The van der Waals surface area contributed by atoms with Crippen LogP contribution in [0.25, 0.3) is 0 Å². The second kappa shape index (κ2) is 7.88. The van der Waals surface area contributed by atoms with Gasteiger partial charge in [-0.1, -0.05) is 24.3 Å². The molecule has 0 fully saturated rings. The van der Waals surface area contributed by atoms with Crippen LogP contribution >= 0.6 is 0 Å². The van der Waals surface area contributed by atoms with Crippen LogP contribution in [-0.2, 0) is 16.0 Å². The Bertz CT molecular complexity index is 879. The van der Waals surface area contributed by atoms with Crippen LogP contribution in [0.4, 0.5) is 4.39 Å². The van der Waals surface area contributed by atoms with E-state index in [2.05, 4.69) is 5.32 Å². The molecule has 7 heteroatoms. The maximum absolute atomic E-state index is 13.0. The number of para-hydroxylation sites is 1. The fraction of sp³-hybridized carbons (Fsp3) is 0.333. The molecule has 2 aromatic carbocycles. The van der Waals surface area contributed by atoms with E-state index in [1.54, 1.807) is 6.07 Å². The van der Waals surface area contributed by atoms with E-state index in [0.717, 1.165) is 12.0 Å². The first kappa shape index (κ1) is 19.7. The van der Waals surface area contributed by atoms with E-state index in [-0.39, 0.29) is 18.8 Å². The first-order valence-electron chi connectivity index (χ1n) is 8.94. The summed E-state index contributed by atoms with van der Waals surface area (Å²) in [6.07, 6.45) is 0.754. The molecule has 28 heavy (non-hydrogen) atoms. The Morgan fingerprint density at radius 2 is 1.96 bits per heavy atom. The second-order valence-corrected chi connectivity index (χ2v) is 7.32. The molecule has 1 aliphatic heterocycles. The van der Waals surface area contributed by atoms with Crippen molar-refractivity contribution in [3.8, 4) is 11.5 Å². The molecule has 0 radical (unpaired) electrons. The van der Waals surface area contributed by atoms with Crippen LogP contribution in [0.5, 0.6) is 11.5 Å². The number of carboxylic acids is 1. The number of nitrogens with one attached hydrogen (secondary N) is 1. The molecule has 1 amide bonds. The zero-order valence-electron chi connectivity index (χ0n) is 15.7. The third-order valence-electron chi connectivity index (χ3n) is 4.49. The maximum atomic E-state index is 13.0. The Morgan fingerprint density at radius 1 is 1.25 bits per heavy atom. The summed E-state index contributed by atoms with van der Waals surface area (Å²) < 4.78 is 24.5. The molecular weight excluding hydrogens is 365 g/mol. The summed E-state index contributed by atoms with van der Waals surface area (Å²) in [5, 5.41) is 11.9. The second-order valence-electron chi connectivity index (χ2n) is 7.32. The van der Waals surface area contributed by atoms with Gasteiger partial charge >= 0.3 is 5.97 Å². The summed E-state index contributed by atoms with van der Waals surface area (Å²) in [4.78, 5) is 23.6. The summed E-state index contributed by atoms with van der Waals surface area (Å²) in [6, 6.07) is 10.7. The monoisotopic (exact) mass is 387 g/mol. The SMILES string of the molecule is CC1(C)Cc2cccc(OCC(=O)NCC(C(=O)O)c3ccc(F)cc3)c2O1. The van der Waals surface area contributed by atoms with Gasteiger partial charge in [-0.15, -0.1) is 0 Å².